The fourth-order valence-corrected chi connectivity index (χ4v) is 3.80. The van der Waals surface area contributed by atoms with E-state index in [9.17, 15) is 18.3 Å². The van der Waals surface area contributed by atoms with E-state index in [0.717, 1.165) is 17.6 Å². The van der Waals surface area contributed by atoms with Crippen molar-refractivity contribution < 1.29 is 27.8 Å². The summed E-state index contributed by atoms with van der Waals surface area (Å²) in [6.07, 6.45) is 0.589. The van der Waals surface area contributed by atoms with E-state index in [-0.39, 0.29) is 33.6 Å². The molecule has 3 aromatic rings. The lowest BCUT2D eigenvalue weighted by atomic mass is 10.2. The zero-order valence-electron chi connectivity index (χ0n) is 17.1. The molecule has 1 atom stereocenters. The van der Waals surface area contributed by atoms with Gasteiger partial charge in [-0.15, -0.1) is 11.3 Å². The second-order valence-electron chi connectivity index (χ2n) is 6.75. The van der Waals surface area contributed by atoms with Crippen molar-refractivity contribution >= 4 is 32.2 Å². The normalized spacial score (nSPS) is 11.9. The highest BCUT2D eigenvalue weighted by atomic mass is 32.2. The Morgan fingerprint density at radius 1 is 1.22 bits per heavy atom. The smallest absolute Gasteiger partial charge is 0.257 e. The van der Waals surface area contributed by atoms with E-state index in [1.165, 1.54) is 41.8 Å². The number of ether oxygens (including phenoxy) is 2. The lowest BCUT2D eigenvalue weighted by Crippen LogP contribution is -2.17. The molecule has 0 aliphatic carbocycles. The van der Waals surface area contributed by atoms with Gasteiger partial charge in [0.2, 0.25) is 0 Å². The van der Waals surface area contributed by atoms with E-state index < -0.39 is 21.8 Å². The average Bonchev–Trinajstić information content (AvgIpc) is 3.20. The first-order valence-electron chi connectivity index (χ1n) is 9.25. The highest BCUT2D eigenvalue weighted by Gasteiger charge is 2.15. The first-order valence-corrected chi connectivity index (χ1v) is 12.0. The second-order valence-corrected chi connectivity index (χ2v) is 9.63. The molecule has 1 heterocycles. The highest BCUT2D eigenvalue weighted by molar-refractivity contribution is 7.90. The predicted molar refractivity (Wildman–Crippen MR) is 118 cm³/mol. The van der Waals surface area contributed by atoms with Gasteiger partial charge in [0.25, 0.3) is 5.91 Å². The molecule has 0 saturated carbocycles. The van der Waals surface area contributed by atoms with Gasteiger partial charge in [-0.2, -0.15) is 5.26 Å². The minimum Gasteiger partial charge on any atom is -0.488 e. The zero-order valence-corrected chi connectivity index (χ0v) is 18.7. The first-order chi connectivity index (χ1) is 15.2. The molecule has 1 aromatic heterocycles. The lowest BCUT2D eigenvalue weighted by Gasteiger charge is -2.15. The number of carbonyl (C=O) groups is 1. The van der Waals surface area contributed by atoms with Gasteiger partial charge in [-0.1, -0.05) is 0 Å². The molecule has 0 unspecified atom stereocenters. The SMILES string of the molecule is C[C@@H](CO)Oc1cc(Oc2ccc(S(C)(=O)=O)cc2)cc(C(=O)Nc2nc(C#N)cs2)c1. The maximum atomic E-state index is 12.7. The summed E-state index contributed by atoms with van der Waals surface area (Å²) in [5, 5.41) is 22.5. The van der Waals surface area contributed by atoms with Crippen LogP contribution < -0.4 is 14.8 Å². The number of aliphatic hydroxyl groups is 1. The maximum Gasteiger partial charge on any atom is 0.257 e. The Morgan fingerprint density at radius 3 is 2.50 bits per heavy atom. The maximum absolute atomic E-state index is 12.7. The van der Waals surface area contributed by atoms with Crippen LogP contribution in [0.1, 0.15) is 23.0 Å². The van der Waals surface area contributed by atoms with Crippen LogP contribution in [0.3, 0.4) is 0 Å². The van der Waals surface area contributed by atoms with Gasteiger partial charge in [-0.25, -0.2) is 13.4 Å². The summed E-state index contributed by atoms with van der Waals surface area (Å²) in [6, 6.07) is 12.2. The standard InChI is InChI=1S/C21H19N3O6S2/c1-13(11-25)29-17-7-14(20(26)24-21-23-15(10-22)12-31-21)8-18(9-17)30-16-3-5-19(6-4-16)32(2,27)28/h3-9,12-13,25H,11H2,1-2H3,(H,23,24,26)/t13-/m0/s1. The van der Waals surface area contributed by atoms with Gasteiger partial charge in [0.15, 0.2) is 20.7 Å². The van der Waals surface area contributed by atoms with Gasteiger partial charge in [0, 0.05) is 23.3 Å². The summed E-state index contributed by atoms with van der Waals surface area (Å²) in [6.45, 7) is 1.44. The fourth-order valence-electron chi connectivity index (χ4n) is 2.54. The first kappa shape index (κ1) is 23.2. The molecule has 0 fully saturated rings. The van der Waals surface area contributed by atoms with Crippen molar-refractivity contribution in [3.63, 3.8) is 0 Å². The molecule has 9 nitrogen and oxygen atoms in total. The third kappa shape index (κ3) is 6.04. The van der Waals surface area contributed by atoms with Gasteiger partial charge >= 0.3 is 0 Å². The molecule has 32 heavy (non-hydrogen) atoms. The fraction of sp³-hybridized carbons (Fsp3) is 0.190. The number of hydrogen-bond acceptors (Lipinski definition) is 9. The predicted octanol–water partition coefficient (Wildman–Crippen LogP) is 3.22. The van der Waals surface area contributed by atoms with Crippen LogP contribution in [0.15, 0.2) is 52.7 Å². The minimum absolute atomic E-state index is 0.152. The number of aromatic nitrogens is 1. The van der Waals surface area contributed by atoms with Crippen molar-refractivity contribution in [2.45, 2.75) is 17.9 Å². The Morgan fingerprint density at radius 2 is 1.91 bits per heavy atom. The summed E-state index contributed by atoms with van der Waals surface area (Å²) in [5.74, 6) is 0.415. The molecular weight excluding hydrogens is 454 g/mol. The molecule has 2 N–H and O–H groups in total. The molecule has 0 aliphatic rings. The van der Waals surface area contributed by atoms with Gasteiger partial charge in [0.1, 0.15) is 29.4 Å². The molecule has 11 heteroatoms. The number of amides is 1. The molecule has 0 bridgehead atoms. The van der Waals surface area contributed by atoms with E-state index in [1.54, 1.807) is 13.0 Å². The van der Waals surface area contributed by atoms with Gasteiger partial charge < -0.3 is 14.6 Å². The number of anilines is 1. The number of hydrogen-bond donors (Lipinski definition) is 2. The number of rotatable bonds is 8. The Kier molecular flexibility index (Phi) is 7.09. The molecular formula is C21H19N3O6S2. The lowest BCUT2D eigenvalue weighted by molar-refractivity contribution is 0.102. The summed E-state index contributed by atoms with van der Waals surface area (Å²) < 4.78 is 34.7. The number of nitriles is 1. The quantitative estimate of drug-likeness (QED) is 0.508. The van der Waals surface area contributed by atoms with Crippen LogP contribution in [0, 0.1) is 11.3 Å². The Balaban J connectivity index is 1.88. The van der Waals surface area contributed by atoms with Crippen molar-refractivity contribution in [1.29, 1.82) is 5.26 Å². The summed E-state index contributed by atoms with van der Waals surface area (Å²) in [5.41, 5.74) is 0.393. The zero-order chi connectivity index (χ0) is 23.3. The van der Waals surface area contributed by atoms with E-state index >= 15 is 0 Å². The van der Waals surface area contributed by atoms with Crippen LogP contribution in [0.5, 0.6) is 17.2 Å². The van der Waals surface area contributed by atoms with Crippen molar-refractivity contribution in [1.82, 2.24) is 4.98 Å². The number of nitrogens with zero attached hydrogens (tertiary/aromatic N) is 2. The molecule has 2 aromatic carbocycles. The topological polar surface area (TPSA) is 139 Å². The largest absolute Gasteiger partial charge is 0.488 e. The van der Waals surface area contributed by atoms with Crippen LogP contribution in [0.25, 0.3) is 0 Å². The average molecular weight is 474 g/mol. The van der Waals surface area contributed by atoms with E-state index in [1.807, 2.05) is 6.07 Å². The van der Waals surface area contributed by atoms with Gasteiger partial charge in [-0.05, 0) is 43.3 Å². The molecule has 166 valence electrons. The van der Waals surface area contributed by atoms with Crippen LogP contribution in [0.4, 0.5) is 5.13 Å². The molecule has 0 spiro atoms. The van der Waals surface area contributed by atoms with E-state index in [0.29, 0.717) is 11.5 Å². The third-order valence-corrected chi connectivity index (χ3v) is 5.95. The molecule has 0 aliphatic heterocycles. The van der Waals surface area contributed by atoms with Crippen molar-refractivity contribution in [2.24, 2.45) is 0 Å². The Labute approximate surface area is 188 Å². The van der Waals surface area contributed by atoms with Gasteiger partial charge in [0.05, 0.1) is 11.5 Å². The highest BCUT2D eigenvalue weighted by Crippen LogP contribution is 2.29. The number of carbonyl (C=O) groups excluding carboxylic acids is 1. The summed E-state index contributed by atoms with van der Waals surface area (Å²) in [7, 11) is -3.34. The van der Waals surface area contributed by atoms with Crippen LogP contribution in [-0.4, -0.2) is 43.4 Å². The van der Waals surface area contributed by atoms with Crippen LogP contribution >= 0.6 is 11.3 Å². The summed E-state index contributed by atoms with van der Waals surface area (Å²) in [4.78, 5) is 16.9. The monoisotopic (exact) mass is 473 g/mol. The van der Waals surface area contributed by atoms with Crippen molar-refractivity contribution in [2.75, 3.05) is 18.2 Å². The second kappa shape index (κ2) is 9.78. The number of thiazole rings is 1. The van der Waals surface area contributed by atoms with E-state index in [2.05, 4.69) is 10.3 Å². The minimum atomic E-state index is -3.34. The Hall–Kier alpha value is -3.46. The van der Waals surface area contributed by atoms with Crippen molar-refractivity contribution in [3.05, 3.63) is 59.1 Å². The van der Waals surface area contributed by atoms with E-state index in [4.69, 9.17) is 14.7 Å². The molecule has 0 radical (unpaired) electrons. The number of sulfone groups is 1. The molecule has 3 rings (SSSR count). The third-order valence-electron chi connectivity index (χ3n) is 4.06. The summed E-state index contributed by atoms with van der Waals surface area (Å²) >= 11 is 1.12. The van der Waals surface area contributed by atoms with Crippen molar-refractivity contribution in [3.8, 4) is 23.3 Å². The molecule has 1 amide bonds. The number of aliphatic hydroxyl groups excluding tert-OH is 1. The van der Waals surface area contributed by atoms with Gasteiger partial charge in [-0.3, -0.25) is 10.1 Å². The number of nitrogens with one attached hydrogen (secondary N) is 1. The Bertz CT molecular complexity index is 1260. The molecule has 0 saturated heterocycles. The van der Waals surface area contributed by atoms with Crippen LogP contribution in [-0.2, 0) is 9.84 Å². The number of benzene rings is 2. The van der Waals surface area contributed by atoms with Crippen LogP contribution in [0.2, 0.25) is 0 Å².